The highest BCUT2D eigenvalue weighted by Gasteiger charge is 2.07. The Morgan fingerprint density at radius 1 is 0.875 bits per heavy atom. The number of hydrogen-bond acceptors (Lipinski definition) is 5. The Morgan fingerprint density at radius 2 is 1.56 bits per heavy atom. The van der Waals surface area contributed by atoms with Gasteiger partial charge in [-0.05, 0) is 62.7 Å². The van der Waals surface area contributed by atoms with E-state index >= 15 is 0 Å². The van der Waals surface area contributed by atoms with Gasteiger partial charge >= 0.3 is 0 Å². The molecule has 6 nitrogen and oxygen atoms in total. The van der Waals surface area contributed by atoms with E-state index in [0.29, 0.717) is 36.9 Å². The lowest BCUT2D eigenvalue weighted by Crippen LogP contribution is -2.17. The SMILES string of the molecule is CCOc1ccc(/C=N/NC(=O)c2ccc(OCc3ccc(C)cc3)cc2)c(OCC)c1. The molecule has 0 fully saturated rings. The predicted octanol–water partition coefficient (Wildman–Crippen LogP) is 5.14. The Bertz CT molecular complexity index is 1040. The Balaban J connectivity index is 1.56. The number of carbonyl (C=O) groups is 1. The number of hydrogen-bond donors (Lipinski definition) is 1. The van der Waals surface area contributed by atoms with E-state index in [1.165, 1.54) is 5.56 Å². The van der Waals surface area contributed by atoms with Crippen molar-refractivity contribution in [3.63, 3.8) is 0 Å². The van der Waals surface area contributed by atoms with Crippen molar-refractivity contribution in [2.45, 2.75) is 27.4 Å². The summed E-state index contributed by atoms with van der Waals surface area (Å²) in [6.07, 6.45) is 1.55. The second-order valence-electron chi connectivity index (χ2n) is 7.06. The molecule has 0 heterocycles. The molecular weight excluding hydrogens is 404 g/mol. The molecule has 0 radical (unpaired) electrons. The molecule has 0 aliphatic carbocycles. The molecule has 0 unspecified atom stereocenters. The molecule has 3 aromatic rings. The fourth-order valence-electron chi connectivity index (χ4n) is 2.94. The molecule has 1 N–H and O–H groups in total. The topological polar surface area (TPSA) is 69.2 Å². The van der Waals surface area contributed by atoms with Gasteiger partial charge in [0.05, 0.1) is 19.4 Å². The first-order chi connectivity index (χ1) is 15.6. The third-order valence-corrected chi connectivity index (χ3v) is 4.61. The van der Waals surface area contributed by atoms with Gasteiger partial charge in [-0.1, -0.05) is 29.8 Å². The summed E-state index contributed by atoms with van der Waals surface area (Å²) in [7, 11) is 0. The molecular formula is C26H28N2O4. The van der Waals surface area contributed by atoms with Gasteiger partial charge in [-0.25, -0.2) is 5.43 Å². The maximum atomic E-state index is 12.4. The van der Waals surface area contributed by atoms with Gasteiger partial charge < -0.3 is 14.2 Å². The average Bonchev–Trinajstić information content (AvgIpc) is 2.81. The molecule has 0 aliphatic heterocycles. The second-order valence-corrected chi connectivity index (χ2v) is 7.06. The standard InChI is InChI=1S/C26H28N2O4/c1-4-30-24-15-12-22(25(16-24)31-5-2)17-27-28-26(29)21-10-13-23(14-11-21)32-18-20-8-6-19(3)7-9-20/h6-17H,4-5,18H2,1-3H3,(H,28,29)/b27-17+. The number of ether oxygens (including phenoxy) is 3. The molecule has 3 aromatic carbocycles. The Morgan fingerprint density at radius 3 is 2.25 bits per heavy atom. The van der Waals surface area contributed by atoms with Crippen molar-refractivity contribution in [1.29, 1.82) is 0 Å². The molecule has 0 bridgehead atoms. The first-order valence-electron chi connectivity index (χ1n) is 10.6. The van der Waals surface area contributed by atoms with Crippen molar-refractivity contribution in [2.24, 2.45) is 5.10 Å². The van der Waals surface area contributed by atoms with Crippen molar-refractivity contribution < 1.29 is 19.0 Å². The third-order valence-electron chi connectivity index (χ3n) is 4.61. The Kier molecular flexibility index (Phi) is 8.26. The summed E-state index contributed by atoms with van der Waals surface area (Å²) in [5.41, 5.74) is 6.08. The lowest BCUT2D eigenvalue weighted by Gasteiger charge is -2.10. The highest BCUT2D eigenvalue weighted by molar-refractivity contribution is 5.95. The summed E-state index contributed by atoms with van der Waals surface area (Å²) >= 11 is 0. The lowest BCUT2D eigenvalue weighted by atomic mass is 10.2. The van der Waals surface area contributed by atoms with Gasteiger partial charge in [0, 0.05) is 17.2 Å². The van der Waals surface area contributed by atoms with Gasteiger partial charge in [0.25, 0.3) is 5.91 Å². The van der Waals surface area contributed by atoms with Gasteiger partial charge in [-0.3, -0.25) is 4.79 Å². The number of carbonyl (C=O) groups excluding carboxylic acids is 1. The van der Waals surface area contributed by atoms with Crippen molar-refractivity contribution >= 4 is 12.1 Å². The fourth-order valence-corrected chi connectivity index (χ4v) is 2.94. The number of nitrogens with one attached hydrogen (secondary N) is 1. The second kappa shape index (κ2) is 11.6. The highest BCUT2D eigenvalue weighted by atomic mass is 16.5. The van der Waals surface area contributed by atoms with E-state index in [2.05, 4.69) is 29.6 Å². The molecule has 166 valence electrons. The molecule has 1 amide bonds. The monoisotopic (exact) mass is 432 g/mol. The molecule has 32 heavy (non-hydrogen) atoms. The van der Waals surface area contributed by atoms with Crippen molar-refractivity contribution in [1.82, 2.24) is 5.43 Å². The normalized spacial score (nSPS) is 10.7. The van der Waals surface area contributed by atoms with Crippen molar-refractivity contribution in [3.05, 3.63) is 89.0 Å². The maximum absolute atomic E-state index is 12.4. The van der Waals surface area contributed by atoms with Crippen LogP contribution in [0.25, 0.3) is 0 Å². The maximum Gasteiger partial charge on any atom is 0.271 e. The van der Waals surface area contributed by atoms with E-state index in [1.54, 1.807) is 30.5 Å². The Labute approximate surface area is 188 Å². The molecule has 0 saturated carbocycles. The number of aryl methyl sites for hydroxylation is 1. The number of benzene rings is 3. The van der Waals surface area contributed by atoms with Crippen LogP contribution in [0.2, 0.25) is 0 Å². The van der Waals surface area contributed by atoms with E-state index in [1.807, 2.05) is 44.2 Å². The highest BCUT2D eigenvalue weighted by Crippen LogP contribution is 2.24. The summed E-state index contributed by atoms with van der Waals surface area (Å²) in [5.74, 6) is 1.75. The zero-order valence-corrected chi connectivity index (χ0v) is 18.6. The van der Waals surface area contributed by atoms with Crippen LogP contribution >= 0.6 is 0 Å². The van der Waals surface area contributed by atoms with Crippen LogP contribution in [-0.4, -0.2) is 25.3 Å². The minimum Gasteiger partial charge on any atom is -0.494 e. The summed E-state index contributed by atoms with van der Waals surface area (Å²) in [4.78, 5) is 12.4. The predicted molar refractivity (Wildman–Crippen MR) is 126 cm³/mol. The van der Waals surface area contributed by atoms with Gasteiger partial charge in [-0.2, -0.15) is 5.10 Å². The fraction of sp³-hybridized carbons (Fsp3) is 0.231. The van der Waals surface area contributed by atoms with Crippen LogP contribution in [0.4, 0.5) is 0 Å². The smallest absolute Gasteiger partial charge is 0.271 e. The van der Waals surface area contributed by atoms with E-state index in [-0.39, 0.29) is 5.91 Å². The number of hydrazone groups is 1. The number of rotatable bonds is 10. The van der Waals surface area contributed by atoms with Crippen molar-refractivity contribution in [3.8, 4) is 17.2 Å². The molecule has 0 atom stereocenters. The average molecular weight is 433 g/mol. The minimum absolute atomic E-state index is 0.310. The Hall–Kier alpha value is -3.80. The number of amides is 1. The van der Waals surface area contributed by atoms with Crippen LogP contribution in [-0.2, 0) is 6.61 Å². The van der Waals surface area contributed by atoms with Gasteiger partial charge in [0.1, 0.15) is 23.9 Å². The van der Waals surface area contributed by atoms with Crippen LogP contribution in [0, 0.1) is 6.92 Å². The van der Waals surface area contributed by atoms with E-state index in [0.717, 1.165) is 16.9 Å². The minimum atomic E-state index is -0.310. The summed E-state index contributed by atoms with van der Waals surface area (Å²) in [6, 6.07) is 20.6. The lowest BCUT2D eigenvalue weighted by molar-refractivity contribution is 0.0955. The molecule has 0 spiro atoms. The van der Waals surface area contributed by atoms with Gasteiger partial charge in [-0.15, -0.1) is 0 Å². The molecule has 0 aliphatic rings. The van der Waals surface area contributed by atoms with Crippen LogP contribution < -0.4 is 19.6 Å². The first kappa shape index (κ1) is 22.9. The largest absolute Gasteiger partial charge is 0.494 e. The molecule has 0 saturated heterocycles. The van der Waals surface area contributed by atoms with E-state index in [9.17, 15) is 4.79 Å². The van der Waals surface area contributed by atoms with E-state index < -0.39 is 0 Å². The molecule has 3 rings (SSSR count). The summed E-state index contributed by atoms with van der Waals surface area (Å²) < 4.78 is 16.9. The summed E-state index contributed by atoms with van der Waals surface area (Å²) in [6.45, 7) is 7.44. The molecule has 6 heteroatoms. The van der Waals surface area contributed by atoms with Crippen LogP contribution in [0.5, 0.6) is 17.2 Å². The first-order valence-corrected chi connectivity index (χ1v) is 10.6. The van der Waals surface area contributed by atoms with Crippen LogP contribution in [0.15, 0.2) is 71.8 Å². The number of nitrogens with zero attached hydrogens (tertiary/aromatic N) is 1. The van der Waals surface area contributed by atoms with Crippen LogP contribution in [0.3, 0.4) is 0 Å². The quantitative estimate of drug-likeness (QED) is 0.356. The van der Waals surface area contributed by atoms with E-state index in [4.69, 9.17) is 14.2 Å². The zero-order chi connectivity index (χ0) is 22.8. The summed E-state index contributed by atoms with van der Waals surface area (Å²) in [5, 5.41) is 4.07. The molecule has 0 aromatic heterocycles. The van der Waals surface area contributed by atoms with Crippen LogP contribution in [0.1, 0.15) is 40.9 Å². The zero-order valence-electron chi connectivity index (χ0n) is 18.6. The van der Waals surface area contributed by atoms with Crippen molar-refractivity contribution in [2.75, 3.05) is 13.2 Å². The third kappa shape index (κ3) is 6.60. The van der Waals surface area contributed by atoms with Gasteiger partial charge in [0.15, 0.2) is 0 Å². The van der Waals surface area contributed by atoms with Gasteiger partial charge in [0.2, 0.25) is 0 Å².